The van der Waals surface area contributed by atoms with Gasteiger partial charge in [0, 0.05) is 0 Å². The first-order valence-corrected chi connectivity index (χ1v) is 5.54. The molecule has 1 unspecified atom stereocenters. The number of hydrogen-bond donors (Lipinski definition) is 0. The number of piperidine rings is 1. The molecule has 1 rings (SSSR count). The smallest absolute Gasteiger partial charge is 0.318 e. The van der Waals surface area contributed by atoms with Crippen LogP contribution in [0, 0.1) is 5.41 Å². The van der Waals surface area contributed by atoms with Gasteiger partial charge in [-0.15, -0.1) is 0 Å². The number of rotatable bonds is 3. The van der Waals surface area contributed by atoms with Crippen LogP contribution in [0.3, 0.4) is 0 Å². The van der Waals surface area contributed by atoms with Crippen molar-refractivity contribution in [3.8, 4) is 0 Å². The third kappa shape index (κ3) is 2.05. The summed E-state index contributed by atoms with van der Waals surface area (Å²) in [4.78, 5) is 13.2. The molecule has 5 heteroatoms. The van der Waals surface area contributed by atoms with E-state index in [4.69, 9.17) is 0 Å². The third-order valence-electron chi connectivity index (χ3n) is 3.34. The van der Waals surface area contributed by atoms with Gasteiger partial charge in [-0.2, -0.15) is 0 Å². The van der Waals surface area contributed by atoms with Crippen molar-refractivity contribution in [2.45, 2.75) is 32.1 Å². The Hall–Kier alpha value is -0.710. The largest absolute Gasteiger partial charge is 0.468 e. The van der Waals surface area contributed by atoms with E-state index >= 15 is 0 Å². The number of hydrogen-bond acceptors (Lipinski definition) is 3. The van der Waals surface area contributed by atoms with Crippen LogP contribution >= 0.6 is 0 Å². The number of ether oxygens (including phenoxy) is 1. The lowest BCUT2D eigenvalue weighted by molar-refractivity contribution is -0.201. The summed E-state index contributed by atoms with van der Waals surface area (Å²) in [5, 5.41) is 0. The summed E-state index contributed by atoms with van der Waals surface area (Å²) < 4.78 is 32.7. The van der Waals surface area contributed by atoms with Gasteiger partial charge in [-0.05, 0) is 26.4 Å². The SMILES string of the molecule is CCCC1(C(=O)OC)CCN(C)CC1(F)F. The van der Waals surface area contributed by atoms with E-state index in [-0.39, 0.29) is 19.4 Å². The number of carbonyl (C=O) groups excluding carboxylic acids is 1. The molecule has 0 saturated carbocycles. The lowest BCUT2D eigenvalue weighted by atomic mass is 9.72. The summed E-state index contributed by atoms with van der Waals surface area (Å²) in [5.74, 6) is -3.78. The average molecular weight is 235 g/mol. The number of alkyl halides is 2. The van der Waals surface area contributed by atoms with Gasteiger partial charge in [-0.3, -0.25) is 4.79 Å². The number of halogens is 2. The first-order valence-electron chi connectivity index (χ1n) is 5.54. The predicted octanol–water partition coefficient (Wildman–Crippen LogP) is 1.92. The second-order valence-corrected chi connectivity index (χ2v) is 4.52. The molecule has 1 atom stereocenters. The van der Waals surface area contributed by atoms with Gasteiger partial charge in [0.25, 0.3) is 5.92 Å². The van der Waals surface area contributed by atoms with E-state index < -0.39 is 17.3 Å². The normalized spacial score (nSPS) is 30.1. The molecule has 1 saturated heterocycles. The van der Waals surface area contributed by atoms with Crippen molar-refractivity contribution in [3.63, 3.8) is 0 Å². The first-order chi connectivity index (χ1) is 7.39. The van der Waals surface area contributed by atoms with Crippen molar-refractivity contribution < 1.29 is 18.3 Å². The van der Waals surface area contributed by atoms with Gasteiger partial charge in [0.1, 0.15) is 5.41 Å². The number of nitrogens with zero attached hydrogens (tertiary/aromatic N) is 1. The summed E-state index contributed by atoms with van der Waals surface area (Å²) in [6.07, 6.45) is 0.895. The van der Waals surface area contributed by atoms with Gasteiger partial charge in [-0.25, -0.2) is 8.78 Å². The van der Waals surface area contributed by atoms with Crippen LogP contribution in [-0.4, -0.2) is 44.0 Å². The van der Waals surface area contributed by atoms with Crippen molar-refractivity contribution in [3.05, 3.63) is 0 Å². The van der Waals surface area contributed by atoms with Gasteiger partial charge in [-0.1, -0.05) is 13.3 Å². The second kappa shape index (κ2) is 4.65. The Morgan fingerprint density at radius 2 is 2.12 bits per heavy atom. The van der Waals surface area contributed by atoms with E-state index in [9.17, 15) is 13.6 Å². The number of esters is 1. The quantitative estimate of drug-likeness (QED) is 0.700. The van der Waals surface area contributed by atoms with E-state index in [1.54, 1.807) is 18.9 Å². The predicted molar refractivity (Wildman–Crippen MR) is 56.4 cm³/mol. The van der Waals surface area contributed by atoms with Crippen molar-refractivity contribution in [1.82, 2.24) is 4.90 Å². The van der Waals surface area contributed by atoms with Gasteiger partial charge >= 0.3 is 5.97 Å². The number of likely N-dealkylation sites (tertiary alicyclic amines) is 1. The monoisotopic (exact) mass is 235 g/mol. The molecule has 0 bridgehead atoms. The summed E-state index contributed by atoms with van der Waals surface area (Å²) in [5.41, 5.74) is -1.62. The fourth-order valence-corrected chi connectivity index (χ4v) is 2.42. The van der Waals surface area contributed by atoms with Crippen molar-refractivity contribution >= 4 is 5.97 Å². The lowest BCUT2D eigenvalue weighted by Gasteiger charge is -2.44. The van der Waals surface area contributed by atoms with Gasteiger partial charge < -0.3 is 9.64 Å². The lowest BCUT2D eigenvalue weighted by Crippen LogP contribution is -2.58. The molecule has 0 amide bonds. The summed E-state index contributed by atoms with van der Waals surface area (Å²) >= 11 is 0. The zero-order chi connectivity index (χ0) is 12.4. The molecule has 94 valence electrons. The third-order valence-corrected chi connectivity index (χ3v) is 3.34. The molecule has 16 heavy (non-hydrogen) atoms. The Morgan fingerprint density at radius 1 is 1.50 bits per heavy atom. The fraction of sp³-hybridized carbons (Fsp3) is 0.909. The molecule has 0 aromatic heterocycles. The first kappa shape index (κ1) is 13.4. The maximum atomic E-state index is 14.1. The van der Waals surface area contributed by atoms with Crippen LogP contribution in [0.15, 0.2) is 0 Å². The van der Waals surface area contributed by atoms with Crippen LogP contribution in [0.1, 0.15) is 26.2 Å². The minimum atomic E-state index is -3.01. The van der Waals surface area contributed by atoms with Crippen LogP contribution in [-0.2, 0) is 9.53 Å². The molecule has 0 aromatic carbocycles. The highest BCUT2D eigenvalue weighted by molar-refractivity contribution is 5.78. The molecule has 0 N–H and O–H groups in total. The Bertz CT molecular complexity index is 271. The van der Waals surface area contributed by atoms with Crippen LogP contribution in [0.5, 0.6) is 0 Å². The zero-order valence-corrected chi connectivity index (χ0v) is 10.1. The summed E-state index contributed by atoms with van der Waals surface area (Å²) in [7, 11) is 2.81. The average Bonchev–Trinajstić information content (AvgIpc) is 2.20. The minimum absolute atomic E-state index is 0.164. The Morgan fingerprint density at radius 3 is 2.56 bits per heavy atom. The van der Waals surface area contributed by atoms with E-state index in [0.717, 1.165) is 0 Å². The molecular weight excluding hydrogens is 216 g/mol. The molecule has 1 fully saturated rings. The minimum Gasteiger partial charge on any atom is -0.468 e. The molecule has 0 aromatic rings. The van der Waals surface area contributed by atoms with Crippen LogP contribution in [0.25, 0.3) is 0 Å². The number of carbonyl (C=O) groups is 1. The van der Waals surface area contributed by atoms with Gasteiger partial charge in [0.2, 0.25) is 0 Å². The van der Waals surface area contributed by atoms with E-state index in [1.165, 1.54) is 7.11 Å². The fourth-order valence-electron chi connectivity index (χ4n) is 2.42. The molecule has 1 aliphatic rings. The topological polar surface area (TPSA) is 29.5 Å². The Labute approximate surface area is 94.7 Å². The molecule has 1 heterocycles. The van der Waals surface area contributed by atoms with Crippen molar-refractivity contribution in [2.24, 2.45) is 5.41 Å². The molecule has 0 spiro atoms. The van der Waals surface area contributed by atoms with Crippen molar-refractivity contribution in [2.75, 3.05) is 27.2 Å². The second-order valence-electron chi connectivity index (χ2n) is 4.52. The van der Waals surface area contributed by atoms with E-state index in [2.05, 4.69) is 4.74 Å². The molecule has 1 aliphatic heterocycles. The Balaban J connectivity index is 3.03. The van der Waals surface area contributed by atoms with Crippen LogP contribution < -0.4 is 0 Å². The molecular formula is C11H19F2NO2. The zero-order valence-electron chi connectivity index (χ0n) is 10.1. The summed E-state index contributed by atoms with van der Waals surface area (Å²) in [6.45, 7) is 1.94. The highest BCUT2D eigenvalue weighted by Gasteiger charge is 2.61. The summed E-state index contributed by atoms with van der Waals surface area (Å²) in [6, 6.07) is 0. The number of methoxy groups -OCH3 is 1. The highest BCUT2D eigenvalue weighted by Crippen LogP contribution is 2.47. The van der Waals surface area contributed by atoms with Gasteiger partial charge in [0.15, 0.2) is 0 Å². The highest BCUT2D eigenvalue weighted by atomic mass is 19.3. The Kier molecular flexibility index (Phi) is 3.88. The molecule has 0 radical (unpaired) electrons. The molecule has 0 aliphatic carbocycles. The van der Waals surface area contributed by atoms with Gasteiger partial charge in [0.05, 0.1) is 13.7 Å². The van der Waals surface area contributed by atoms with E-state index in [1.807, 2.05) is 0 Å². The van der Waals surface area contributed by atoms with Crippen LogP contribution in [0.4, 0.5) is 8.78 Å². The van der Waals surface area contributed by atoms with E-state index in [0.29, 0.717) is 13.0 Å². The van der Waals surface area contributed by atoms with Crippen LogP contribution in [0.2, 0.25) is 0 Å². The molecule has 3 nitrogen and oxygen atoms in total. The van der Waals surface area contributed by atoms with Crippen molar-refractivity contribution in [1.29, 1.82) is 0 Å². The maximum absolute atomic E-state index is 14.1. The maximum Gasteiger partial charge on any atom is 0.318 e. The standard InChI is InChI=1S/C11H19F2NO2/c1-4-5-10(9(15)16-3)6-7-14(2)8-11(10,12)13/h4-8H2,1-3H3.